The summed E-state index contributed by atoms with van der Waals surface area (Å²) in [5, 5.41) is 36.8. The van der Waals surface area contributed by atoms with Gasteiger partial charge in [-0.25, -0.2) is 0 Å². The molecular formula is C34H62B2O4. The molecule has 0 bridgehead atoms. The first-order valence-corrected chi connectivity index (χ1v) is 17.5. The minimum Gasteiger partial charge on any atom is -0.423 e. The molecule has 0 spiro atoms. The zero-order valence-corrected chi connectivity index (χ0v) is 26.1. The molecule has 2 fully saturated rings. The third kappa shape index (κ3) is 11.6. The standard InChI is InChI=1S/2C17H31BO2/c2*1-2-3-4-5-14-6-8-15(9-7-14)16-10-12-17(13-11-16)18(19)20/h2*12,14-16,19-20H,2-11,13H2,1H3. The van der Waals surface area contributed by atoms with Crippen LogP contribution in [0.5, 0.6) is 0 Å². The lowest BCUT2D eigenvalue weighted by Gasteiger charge is -2.35. The summed E-state index contributed by atoms with van der Waals surface area (Å²) in [7, 11) is -2.43. The summed E-state index contributed by atoms with van der Waals surface area (Å²) in [6.07, 6.45) is 33.0. The Kier molecular flexibility index (Phi) is 16.0. The Balaban J connectivity index is 0.000000220. The van der Waals surface area contributed by atoms with E-state index < -0.39 is 14.2 Å². The molecule has 0 aromatic carbocycles. The Morgan fingerprint density at radius 3 is 1.18 bits per heavy atom. The maximum Gasteiger partial charge on any atom is 0.483 e. The summed E-state index contributed by atoms with van der Waals surface area (Å²) in [5.74, 6) is 5.37. The van der Waals surface area contributed by atoms with E-state index >= 15 is 0 Å². The molecule has 0 amide bonds. The smallest absolute Gasteiger partial charge is 0.423 e. The third-order valence-corrected chi connectivity index (χ3v) is 11.2. The van der Waals surface area contributed by atoms with Gasteiger partial charge in [-0.2, -0.15) is 0 Å². The van der Waals surface area contributed by atoms with E-state index in [0.29, 0.717) is 0 Å². The first-order chi connectivity index (χ1) is 19.4. The summed E-state index contributed by atoms with van der Waals surface area (Å²) in [4.78, 5) is 0. The molecule has 40 heavy (non-hydrogen) atoms. The van der Waals surface area contributed by atoms with Gasteiger partial charge in [-0.1, -0.05) is 103 Å². The van der Waals surface area contributed by atoms with Crippen molar-refractivity contribution in [2.24, 2.45) is 35.5 Å². The molecule has 4 aliphatic rings. The van der Waals surface area contributed by atoms with Gasteiger partial charge >= 0.3 is 14.2 Å². The molecule has 4 N–H and O–H groups in total. The molecule has 6 heteroatoms. The average Bonchev–Trinajstić information content (AvgIpc) is 2.99. The van der Waals surface area contributed by atoms with E-state index in [1.807, 2.05) is 0 Å². The molecule has 0 aromatic heterocycles. The van der Waals surface area contributed by atoms with Gasteiger partial charge in [0.05, 0.1) is 0 Å². The Morgan fingerprint density at radius 1 is 0.525 bits per heavy atom. The van der Waals surface area contributed by atoms with E-state index in [9.17, 15) is 20.1 Å². The first kappa shape index (κ1) is 33.9. The quantitative estimate of drug-likeness (QED) is 0.144. The van der Waals surface area contributed by atoms with Gasteiger partial charge in [0.15, 0.2) is 0 Å². The van der Waals surface area contributed by atoms with Crippen LogP contribution in [0.15, 0.2) is 23.1 Å². The van der Waals surface area contributed by atoms with Gasteiger partial charge in [-0.15, -0.1) is 0 Å². The Morgan fingerprint density at radius 2 is 0.900 bits per heavy atom. The maximum absolute atomic E-state index is 9.20. The SMILES string of the molecule is CCCCCC1CCC(C2CC=C(B(O)O)CC2)CC1.CCCCCC1CCC(C2CC=C(B(O)O)CC2)CC1. The summed E-state index contributed by atoms with van der Waals surface area (Å²) < 4.78 is 0. The lowest BCUT2D eigenvalue weighted by molar-refractivity contribution is 0.185. The van der Waals surface area contributed by atoms with E-state index in [0.717, 1.165) is 85.0 Å². The summed E-state index contributed by atoms with van der Waals surface area (Å²) >= 11 is 0. The van der Waals surface area contributed by atoms with Crippen molar-refractivity contribution in [2.45, 2.75) is 155 Å². The van der Waals surface area contributed by atoms with Crippen LogP contribution in [-0.2, 0) is 0 Å². The van der Waals surface area contributed by atoms with Crippen LogP contribution in [0.3, 0.4) is 0 Å². The van der Waals surface area contributed by atoms with Gasteiger partial charge in [-0.05, 0) is 111 Å². The minimum atomic E-state index is -1.22. The summed E-state index contributed by atoms with van der Waals surface area (Å²) in [6.45, 7) is 4.57. The molecule has 2 unspecified atom stereocenters. The van der Waals surface area contributed by atoms with Gasteiger partial charge in [0, 0.05) is 0 Å². The molecule has 4 nitrogen and oxygen atoms in total. The van der Waals surface area contributed by atoms with Crippen molar-refractivity contribution in [3.63, 3.8) is 0 Å². The number of rotatable bonds is 12. The highest BCUT2D eigenvalue weighted by Gasteiger charge is 2.31. The van der Waals surface area contributed by atoms with Crippen LogP contribution in [0, 0.1) is 35.5 Å². The van der Waals surface area contributed by atoms with Crippen LogP contribution in [0.4, 0.5) is 0 Å². The van der Waals surface area contributed by atoms with Crippen molar-refractivity contribution in [3.05, 3.63) is 23.1 Å². The Hall–Kier alpha value is -0.550. The van der Waals surface area contributed by atoms with Crippen molar-refractivity contribution < 1.29 is 20.1 Å². The maximum atomic E-state index is 9.20. The van der Waals surface area contributed by atoms with Gasteiger partial charge < -0.3 is 20.1 Å². The predicted octanol–water partition coefficient (Wildman–Crippen LogP) is 8.22. The zero-order chi connectivity index (χ0) is 28.7. The minimum absolute atomic E-state index is 0.800. The molecule has 2 atom stereocenters. The second kappa shape index (κ2) is 18.9. The first-order valence-electron chi connectivity index (χ1n) is 17.5. The number of hydrogen-bond donors (Lipinski definition) is 4. The topological polar surface area (TPSA) is 80.9 Å². The highest BCUT2D eigenvalue weighted by Crippen LogP contribution is 2.42. The van der Waals surface area contributed by atoms with Crippen molar-refractivity contribution in [1.29, 1.82) is 0 Å². The fourth-order valence-corrected chi connectivity index (χ4v) is 8.34. The van der Waals surface area contributed by atoms with Crippen LogP contribution in [0.2, 0.25) is 0 Å². The fraction of sp³-hybridized carbons (Fsp3) is 0.882. The van der Waals surface area contributed by atoms with E-state index in [2.05, 4.69) is 26.0 Å². The van der Waals surface area contributed by atoms with Crippen molar-refractivity contribution in [2.75, 3.05) is 0 Å². The lowest BCUT2D eigenvalue weighted by Crippen LogP contribution is -2.26. The van der Waals surface area contributed by atoms with Crippen molar-refractivity contribution >= 4 is 14.2 Å². The Labute approximate surface area is 247 Å². The summed E-state index contributed by atoms with van der Waals surface area (Å²) in [6, 6.07) is 0. The molecule has 228 valence electrons. The van der Waals surface area contributed by atoms with E-state index in [1.165, 1.54) is 103 Å². The van der Waals surface area contributed by atoms with Crippen LogP contribution in [-0.4, -0.2) is 34.3 Å². The molecule has 4 aliphatic carbocycles. The predicted molar refractivity (Wildman–Crippen MR) is 170 cm³/mol. The van der Waals surface area contributed by atoms with Crippen molar-refractivity contribution in [1.82, 2.24) is 0 Å². The number of allylic oxidation sites excluding steroid dienone is 4. The number of hydrogen-bond acceptors (Lipinski definition) is 4. The molecule has 4 rings (SSSR count). The highest BCUT2D eigenvalue weighted by molar-refractivity contribution is 6.51. The molecule has 0 heterocycles. The average molecular weight is 556 g/mol. The van der Waals surface area contributed by atoms with Gasteiger partial charge in [-0.3, -0.25) is 0 Å². The molecule has 0 aliphatic heterocycles. The fourth-order valence-electron chi connectivity index (χ4n) is 8.34. The van der Waals surface area contributed by atoms with Gasteiger partial charge in [0.1, 0.15) is 0 Å². The van der Waals surface area contributed by atoms with E-state index in [1.54, 1.807) is 0 Å². The monoisotopic (exact) mass is 556 g/mol. The van der Waals surface area contributed by atoms with E-state index in [-0.39, 0.29) is 0 Å². The molecule has 2 saturated carbocycles. The molecule has 0 saturated heterocycles. The molecular weight excluding hydrogens is 494 g/mol. The van der Waals surface area contributed by atoms with Crippen LogP contribution >= 0.6 is 0 Å². The lowest BCUT2D eigenvalue weighted by atomic mass is 9.66. The van der Waals surface area contributed by atoms with Crippen LogP contribution < -0.4 is 0 Å². The largest absolute Gasteiger partial charge is 0.483 e. The van der Waals surface area contributed by atoms with Crippen LogP contribution in [0.1, 0.15) is 155 Å². The highest BCUT2D eigenvalue weighted by atomic mass is 16.4. The van der Waals surface area contributed by atoms with Crippen molar-refractivity contribution in [3.8, 4) is 0 Å². The normalized spacial score (nSPS) is 30.9. The second-order valence-electron chi connectivity index (χ2n) is 13.9. The van der Waals surface area contributed by atoms with Gasteiger partial charge in [0.2, 0.25) is 0 Å². The van der Waals surface area contributed by atoms with Crippen LogP contribution in [0.25, 0.3) is 0 Å². The number of unbranched alkanes of at least 4 members (excludes halogenated alkanes) is 4. The zero-order valence-electron chi connectivity index (χ0n) is 26.1. The summed E-state index contributed by atoms with van der Waals surface area (Å²) in [5.41, 5.74) is 1.68. The second-order valence-corrected chi connectivity index (χ2v) is 13.9. The Bertz CT molecular complexity index is 674. The third-order valence-electron chi connectivity index (χ3n) is 11.2. The molecule has 0 aromatic rings. The molecule has 0 radical (unpaired) electrons. The van der Waals surface area contributed by atoms with E-state index in [4.69, 9.17) is 0 Å². The van der Waals surface area contributed by atoms with Gasteiger partial charge in [0.25, 0.3) is 0 Å².